The third-order valence-corrected chi connectivity index (χ3v) is 14.2. The number of hydrogen-bond acceptors (Lipinski definition) is 2. The summed E-state index contributed by atoms with van der Waals surface area (Å²) in [6.45, 7) is 0. The lowest BCUT2D eigenvalue weighted by atomic mass is 9.67. The minimum atomic E-state index is -0.596. The molecule has 0 aliphatic heterocycles. The first-order valence-electron chi connectivity index (χ1n) is 23.8. The molecule has 0 aromatic heterocycles. The van der Waals surface area contributed by atoms with E-state index < -0.39 is 5.41 Å². The van der Waals surface area contributed by atoms with Crippen LogP contribution in [0.4, 0.5) is 34.1 Å². The van der Waals surface area contributed by atoms with Gasteiger partial charge in [-0.25, -0.2) is 0 Å². The molecule has 0 atom stereocenters. The van der Waals surface area contributed by atoms with Crippen LogP contribution in [0.3, 0.4) is 0 Å². The summed E-state index contributed by atoms with van der Waals surface area (Å²) in [5.74, 6) is 0. The summed E-state index contributed by atoms with van der Waals surface area (Å²) in [5.41, 5.74) is 15.8. The molecule has 0 saturated heterocycles. The zero-order valence-electron chi connectivity index (χ0n) is 38.0. The lowest BCUT2D eigenvalue weighted by molar-refractivity contribution is 0.769. The molecule has 324 valence electrons. The third kappa shape index (κ3) is 6.72. The second-order valence-electron chi connectivity index (χ2n) is 18.1. The molecule has 12 aromatic rings. The van der Waals surface area contributed by atoms with Gasteiger partial charge in [0.05, 0.1) is 11.1 Å². The number of para-hydroxylation sites is 2. The Morgan fingerprint density at radius 1 is 0.261 bits per heavy atom. The molecule has 0 saturated carbocycles. The summed E-state index contributed by atoms with van der Waals surface area (Å²) in [5, 5.41) is 7.48. The first-order valence-corrected chi connectivity index (χ1v) is 23.8. The number of hydrogen-bond donors (Lipinski definition) is 0. The van der Waals surface area contributed by atoms with Gasteiger partial charge >= 0.3 is 0 Å². The Labute approximate surface area is 403 Å². The smallest absolute Gasteiger partial charge is 0.0714 e. The summed E-state index contributed by atoms with van der Waals surface area (Å²) in [4.78, 5) is 4.84. The standard InChI is InChI=1S/C67H46N2/c1-5-22-53(23-6-1)67(54-24-7-2-8-25-54)63-33-18-34-65(66(63)62-44-52-38-36-49-20-15-16-32-60(49)61(52)46-64(62)67)69(56-28-11-4-12-29-56)59-31-17-30-58(45-59)68(55-26-9-3-10-27-55)57-41-39-48(40-42-57)51-37-35-47-19-13-14-21-50(47)43-51/h1-46H. The minimum Gasteiger partial charge on any atom is -0.310 e. The zero-order valence-corrected chi connectivity index (χ0v) is 38.0. The topological polar surface area (TPSA) is 6.48 Å². The molecule has 1 aliphatic carbocycles. The highest BCUT2D eigenvalue weighted by molar-refractivity contribution is 6.11. The molecule has 0 unspecified atom stereocenters. The highest BCUT2D eigenvalue weighted by Gasteiger charge is 2.47. The number of nitrogens with zero attached hydrogens (tertiary/aromatic N) is 2. The van der Waals surface area contributed by atoms with E-state index in [2.05, 4.69) is 289 Å². The Bertz CT molecular complexity index is 3790. The van der Waals surface area contributed by atoms with Crippen molar-refractivity contribution in [2.45, 2.75) is 5.41 Å². The fourth-order valence-electron chi connectivity index (χ4n) is 11.2. The Morgan fingerprint density at radius 2 is 0.768 bits per heavy atom. The van der Waals surface area contributed by atoms with Crippen molar-refractivity contribution in [3.05, 3.63) is 301 Å². The van der Waals surface area contributed by atoms with Crippen LogP contribution in [0.15, 0.2) is 279 Å². The van der Waals surface area contributed by atoms with Crippen LogP contribution in [0, 0.1) is 0 Å². The molecule has 2 heteroatoms. The molecule has 0 spiro atoms. The zero-order chi connectivity index (χ0) is 45.7. The maximum atomic E-state index is 2.51. The Kier molecular flexibility index (Phi) is 9.77. The van der Waals surface area contributed by atoms with Crippen molar-refractivity contribution in [1.82, 2.24) is 0 Å². The normalized spacial score (nSPS) is 12.5. The summed E-state index contributed by atoms with van der Waals surface area (Å²) in [6.07, 6.45) is 0. The molecular formula is C67H46N2. The van der Waals surface area contributed by atoms with Crippen LogP contribution in [0.25, 0.3) is 54.6 Å². The predicted molar refractivity (Wildman–Crippen MR) is 291 cm³/mol. The molecule has 0 heterocycles. The van der Waals surface area contributed by atoms with E-state index in [0.29, 0.717) is 0 Å². The highest BCUT2D eigenvalue weighted by atomic mass is 15.2. The lowest BCUT2D eigenvalue weighted by Gasteiger charge is -2.34. The van der Waals surface area contributed by atoms with Crippen molar-refractivity contribution in [2.75, 3.05) is 9.80 Å². The SMILES string of the molecule is c1ccc(N(c2ccc(-c3ccc4ccccc4c3)cc2)c2cccc(N(c3ccccc3)c3cccc4c3-c3cc5ccc6ccccc6c5cc3C4(c3ccccc3)c3ccccc3)c2)cc1. The number of fused-ring (bicyclic) bond motifs is 7. The monoisotopic (exact) mass is 878 g/mol. The van der Waals surface area contributed by atoms with Crippen molar-refractivity contribution in [3.8, 4) is 22.3 Å². The van der Waals surface area contributed by atoms with E-state index in [-0.39, 0.29) is 0 Å². The van der Waals surface area contributed by atoms with Crippen molar-refractivity contribution < 1.29 is 0 Å². The van der Waals surface area contributed by atoms with Crippen LogP contribution in [-0.4, -0.2) is 0 Å². The summed E-state index contributed by atoms with van der Waals surface area (Å²) in [7, 11) is 0. The minimum absolute atomic E-state index is 0.596. The van der Waals surface area contributed by atoms with Crippen LogP contribution < -0.4 is 9.80 Å². The van der Waals surface area contributed by atoms with Crippen LogP contribution in [-0.2, 0) is 5.41 Å². The van der Waals surface area contributed by atoms with Gasteiger partial charge in [0.15, 0.2) is 0 Å². The summed E-state index contributed by atoms with van der Waals surface area (Å²) in [6, 6.07) is 102. The second kappa shape index (κ2) is 16.7. The molecule has 13 rings (SSSR count). The molecule has 0 bridgehead atoms. The Balaban J connectivity index is 1.02. The summed E-state index contributed by atoms with van der Waals surface area (Å²) < 4.78 is 0. The van der Waals surface area contributed by atoms with Gasteiger partial charge in [0, 0.05) is 34.0 Å². The molecule has 1 aliphatic rings. The fourth-order valence-corrected chi connectivity index (χ4v) is 11.2. The van der Waals surface area contributed by atoms with Gasteiger partial charge in [-0.1, -0.05) is 200 Å². The number of benzene rings is 12. The average Bonchev–Trinajstić information content (AvgIpc) is 3.72. The van der Waals surface area contributed by atoms with Crippen LogP contribution in [0.2, 0.25) is 0 Å². The van der Waals surface area contributed by atoms with Crippen molar-refractivity contribution in [1.29, 1.82) is 0 Å². The van der Waals surface area contributed by atoms with E-state index in [1.54, 1.807) is 0 Å². The van der Waals surface area contributed by atoms with E-state index in [1.165, 1.54) is 76.8 Å². The van der Waals surface area contributed by atoms with E-state index in [0.717, 1.165) is 34.1 Å². The third-order valence-electron chi connectivity index (χ3n) is 14.2. The molecular weight excluding hydrogens is 833 g/mol. The van der Waals surface area contributed by atoms with Crippen molar-refractivity contribution in [3.63, 3.8) is 0 Å². The molecule has 0 amide bonds. The summed E-state index contributed by atoms with van der Waals surface area (Å²) >= 11 is 0. The maximum Gasteiger partial charge on any atom is 0.0714 e. The molecule has 0 N–H and O–H groups in total. The molecule has 0 fully saturated rings. The Morgan fingerprint density at radius 3 is 1.46 bits per heavy atom. The predicted octanol–water partition coefficient (Wildman–Crippen LogP) is 18.1. The number of rotatable bonds is 9. The average molecular weight is 879 g/mol. The molecule has 2 nitrogen and oxygen atoms in total. The molecule has 0 radical (unpaired) electrons. The Hall–Kier alpha value is -8.98. The van der Waals surface area contributed by atoms with Gasteiger partial charge in [-0.3, -0.25) is 0 Å². The van der Waals surface area contributed by atoms with Gasteiger partial charge in [-0.2, -0.15) is 0 Å². The van der Waals surface area contributed by atoms with Crippen LogP contribution in [0.5, 0.6) is 0 Å². The van der Waals surface area contributed by atoms with Gasteiger partial charge in [0.2, 0.25) is 0 Å². The van der Waals surface area contributed by atoms with Gasteiger partial charge in [-0.15, -0.1) is 0 Å². The lowest BCUT2D eigenvalue weighted by Crippen LogP contribution is -2.28. The van der Waals surface area contributed by atoms with Gasteiger partial charge in [0.1, 0.15) is 0 Å². The molecule has 12 aromatic carbocycles. The van der Waals surface area contributed by atoms with E-state index in [4.69, 9.17) is 0 Å². The first kappa shape index (κ1) is 40.3. The fraction of sp³-hybridized carbons (Fsp3) is 0.0149. The van der Waals surface area contributed by atoms with Crippen LogP contribution in [0.1, 0.15) is 22.3 Å². The largest absolute Gasteiger partial charge is 0.310 e. The van der Waals surface area contributed by atoms with Crippen molar-refractivity contribution >= 4 is 66.4 Å². The second-order valence-corrected chi connectivity index (χ2v) is 18.1. The van der Waals surface area contributed by atoms with Gasteiger partial charge in [0.25, 0.3) is 0 Å². The maximum absolute atomic E-state index is 2.51. The van der Waals surface area contributed by atoms with Crippen LogP contribution >= 0.6 is 0 Å². The van der Waals surface area contributed by atoms with E-state index in [1.807, 2.05) is 0 Å². The van der Waals surface area contributed by atoms with Gasteiger partial charge < -0.3 is 9.80 Å². The first-order chi connectivity index (χ1) is 34.2. The van der Waals surface area contributed by atoms with E-state index in [9.17, 15) is 0 Å². The highest BCUT2D eigenvalue weighted by Crippen LogP contribution is 2.60. The number of anilines is 6. The molecule has 69 heavy (non-hydrogen) atoms. The van der Waals surface area contributed by atoms with Gasteiger partial charge in [-0.05, 0) is 150 Å². The van der Waals surface area contributed by atoms with E-state index >= 15 is 0 Å². The quantitative estimate of drug-likeness (QED) is 0.133. The van der Waals surface area contributed by atoms with Crippen molar-refractivity contribution in [2.24, 2.45) is 0 Å².